The number of nitrogens with zero attached hydrogens (tertiary/aromatic N) is 2. The molecule has 0 bridgehead atoms. The van der Waals surface area contributed by atoms with Crippen molar-refractivity contribution < 1.29 is 19.1 Å². The molecule has 3 aromatic rings. The van der Waals surface area contributed by atoms with Crippen molar-refractivity contribution in [2.75, 3.05) is 19.1 Å². The Morgan fingerprint density at radius 2 is 1.77 bits per heavy atom. The minimum Gasteiger partial charge on any atom is -0.497 e. The van der Waals surface area contributed by atoms with Gasteiger partial charge in [0.2, 0.25) is 11.8 Å². The number of nitrogens with one attached hydrogen (secondary N) is 1. The van der Waals surface area contributed by atoms with Crippen molar-refractivity contribution in [3.63, 3.8) is 0 Å². The largest absolute Gasteiger partial charge is 0.497 e. The van der Waals surface area contributed by atoms with Crippen LogP contribution in [0.5, 0.6) is 11.5 Å². The Kier molecular flexibility index (Phi) is 5.93. The number of hydrogen-bond acceptors (Lipinski definition) is 4. The second kappa shape index (κ2) is 8.95. The lowest BCUT2D eigenvalue weighted by atomic mass is 10.1. The van der Waals surface area contributed by atoms with E-state index in [-0.39, 0.29) is 24.7 Å². The van der Waals surface area contributed by atoms with E-state index in [0.717, 1.165) is 22.6 Å². The van der Waals surface area contributed by atoms with Gasteiger partial charge < -0.3 is 24.3 Å². The van der Waals surface area contributed by atoms with Crippen LogP contribution in [0, 0.1) is 0 Å². The number of ether oxygens (including phenoxy) is 2. The molecule has 2 heterocycles. The Hall–Kier alpha value is -3.74. The highest BCUT2D eigenvalue weighted by Crippen LogP contribution is 2.32. The van der Waals surface area contributed by atoms with E-state index in [2.05, 4.69) is 9.88 Å². The summed E-state index contributed by atoms with van der Waals surface area (Å²) in [5.41, 5.74) is 3.72. The first-order valence-electron chi connectivity index (χ1n) is 10.1. The Morgan fingerprint density at radius 3 is 2.55 bits per heavy atom. The van der Waals surface area contributed by atoms with Gasteiger partial charge in [0.15, 0.2) is 0 Å². The fourth-order valence-electron chi connectivity index (χ4n) is 3.78. The first-order chi connectivity index (χ1) is 15.1. The third-order valence-electron chi connectivity index (χ3n) is 5.42. The highest BCUT2D eigenvalue weighted by Gasteiger charge is 2.25. The predicted molar refractivity (Wildman–Crippen MR) is 118 cm³/mol. The molecular weight excluding hydrogens is 394 g/mol. The molecule has 2 aromatic carbocycles. The van der Waals surface area contributed by atoms with Gasteiger partial charge >= 0.3 is 0 Å². The molecule has 4 rings (SSSR count). The number of rotatable bonds is 7. The van der Waals surface area contributed by atoms with E-state index in [1.165, 1.54) is 0 Å². The molecule has 31 heavy (non-hydrogen) atoms. The van der Waals surface area contributed by atoms with E-state index < -0.39 is 0 Å². The van der Waals surface area contributed by atoms with Crippen LogP contribution in [0.1, 0.15) is 24.1 Å². The monoisotopic (exact) mass is 419 g/mol. The maximum absolute atomic E-state index is 12.9. The van der Waals surface area contributed by atoms with Gasteiger partial charge in [0.1, 0.15) is 11.5 Å². The molecule has 1 aliphatic heterocycles. The molecular formula is C24H25N3O4. The van der Waals surface area contributed by atoms with Crippen LogP contribution in [0.25, 0.3) is 5.69 Å². The number of aromatic nitrogens is 1. The van der Waals surface area contributed by atoms with E-state index in [9.17, 15) is 9.59 Å². The third kappa shape index (κ3) is 4.26. The molecule has 0 unspecified atom stereocenters. The first kappa shape index (κ1) is 20.5. The number of methoxy groups -OCH3 is 2. The van der Waals surface area contributed by atoms with Gasteiger partial charge in [0, 0.05) is 42.9 Å². The van der Waals surface area contributed by atoms with Crippen LogP contribution in [-0.4, -0.2) is 30.6 Å². The molecule has 0 saturated carbocycles. The highest BCUT2D eigenvalue weighted by atomic mass is 16.5. The Labute approximate surface area is 181 Å². The van der Waals surface area contributed by atoms with Gasteiger partial charge in [0.05, 0.1) is 32.1 Å². The van der Waals surface area contributed by atoms with Gasteiger partial charge in [-0.1, -0.05) is 12.1 Å². The molecule has 160 valence electrons. The zero-order valence-electron chi connectivity index (χ0n) is 17.6. The Morgan fingerprint density at radius 1 is 0.968 bits per heavy atom. The lowest BCUT2D eigenvalue weighted by molar-refractivity contribution is -0.125. The van der Waals surface area contributed by atoms with E-state index in [1.807, 2.05) is 54.7 Å². The Balaban J connectivity index is 1.36. The minimum absolute atomic E-state index is 0.0721. The summed E-state index contributed by atoms with van der Waals surface area (Å²) < 4.78 is 12.6. The first-order valence-corrected chi connectivity index (χ1v) is 10.1. The van der Waals surface area contributed by atoms with E-state index in [4.69, 9.17) is 9.47 Å². The van der Waals surface area contributed by atoms with Crippen LogP contribution < -0.4 is 19.7 Å². The summed E-state index contributed by atoms with van der Waals surface area (Å²) in [4.78, 5) is 27.1. The zero-order valence-corrected chi connectivity index (χ0v) is 17.6. The fourth-order valence-corrected chi connectivity index (χ4v) is 3.78. The molecule has 0 spiro atoms. The number of fused-ring (bicyclic) bond motifs is 3. The van der Waals surface area contributed by atoms with E-state index in [1.54, 1.807) is 25.2 Å². The number of benzene rings is 2. The lowest BCUT2D eigenvalue weighted by Crippen LogP contribution is -2.35. The summed E-state index contributed by atoms with van der Waals surface area (Å²) in [6, 6.07) is 17.2. The minimum atomic E-state index is -0.181. The third-order valence-corrected chi connectivity index (χ3v) is 5.42. The lowest BCUT2D eigenvalue weighted by Gasteiger charge is -2.31. The van der Waals surface area contributed by atoms with Crippen molar-refractivity contribution in [2.24, 2.45) is 0 Å². The quantitative estimate of drug-likeness (QED) is 0.637. The average molecular weight is 419 g/mol. The standard InChI is InChI=1S/C24H25N3O4/c1-30-19-10-9-17(22(14-19)31-2)15-25-23(28)11-12-24(29)27-16-18-6-5-13-26(18)20-7-3-4-8-21(20)27/h3-10,13-14H,11-12,15-16H2,1-2H3,(H,25,28). The van der Waals surface area contributed by atoms with E-state index in [0.29, 0.717) is 24.6 Å². The summed E-state index contributed by atoms with van der Waals surface area (Å²) in [6.07, 6.45) is 2.26. The van der Waals surface area contributed by atoms with Crippen molar-refractivity contribution >= 4 is 17.5 Å². The summed E-state index contributed by atoms with van der Waals surface area (Å²) in [5, 5.41) is 2.87. The van der Waals surface area contributed by atoms with Gasteiger partial charge in [-0.15, -0.1) is 0 Å². The summed E-state index contributed by atoms with van der Waals surface area (Å²) in [5.74, 6) is 1.08. The van der Waals surface area contributed by atoms with Crippen LogP contribution in [0.2, 0.25) is 0 Å². The fraction of sp³-hybridized carbons (Fsp3) is 0.250. The van der Waals surface area contributed by atoms with Crippen LogP contribution >= 0.6 is 0 Å². The van der Waals surface area contributed by atoms with Crippen molar-refractivity contribution in [3.8, 4) is 17.2 Å². The summed E-state index contributed by atoms with van der Waals surface area (Å²) in [7, 11) is 3.16. The van der Waals surface area contributed by atoms with Crippen molar-refractivity contribution in [1.82, 2.24) is 9.88 Å². The molecule has 1 aromatic heterocycles. The molecule has 0 atom stereocenters. The van der Waals surface area contributed by atoms with Gasteiger partial charge in [-0.25, -0.2) is 0 Å². The molecule has 0 saturated heterocycles. The Bertz CT molecular complexity index is 1110. The zero-order chi connectivity index (χ0) is 21.8. The number of para-hydroxylation sites is 2. The smallest absolute Gasteiger partial charge is 0.227 e. The number of carbonyl (C=O) groups excluding carboxylic acids is 2. The topological polar surface area (TPSA) is 72.8 Å². The predicted octanol–water partition coefficient (Wildman–Crippen LogP) is 3.44. The normalized spacial score (nSPS) is 12.0. The van der Waals surface area contributed by atoms with Crippen LogP contribution in [0.15, 0.2) is 60.8 Å². The molecule has 0 fully saturated rings. The van der Waals surface area contributed by atoms with Crippen molar-refractivity contribution in [1.29, 1.82) is 0 Å². The molecule has 1 N–H and O–H groups in total. The molecule has 7 heteroatoms. The van der Waals surface area contributed by atoms with Crippen molar-refractivity contribution in [3.05, 3.63) is 72.1 Å². The number of carbonyl (C=O) groups is 2. The SMILES string of the molecule is COc1ccc(CNC(=O)CCC(=O)N2Cc3cccn3-c3ccccc32)c(OC)c1. The number of amides is 2. The van der Waals surface area contributed by atoms with Crippen LogP contribution in [0.3, 0.4) is 0 Å². The molecule has 2 amide bonds. The second-order valence-electron chi connectivity index (χ2n) is 7.29. The molecule has 7 nitrogen and oxygen atoms in total. The molecule has 0 aliphatic carbocycles. The highest BCUT2D eigenvalue weighted by molar-refractivity contribution is 5.97. The van der Waals surface area contributed by atoms with Gasteiger partial charge in [-0.3, -0.25) is 9.59 Å². The van der Waals surface area contributed by atoms with Gasteiger partial charge in [-0.05, 0) is 36.4 Å². The van der Waals surface area contributed by atoms with E-state index >= 15 is 0 Å². The van der Waals surface area contributed by atoms with Crippen LogP contribution in [-0.2, 0) is 22.7 Å². The second-order valence-corrected chi connectivity index (χ2v) is 7.29. The number of hydrogen-bond donors (Lipinski definition) is 1. The van der Waals surface area contributed by atoms with Gasteiger partial charge in [-0.2, -0.15) is 0 Å². The average Bonchev–Trinajstić information content (AvgIpc) is 3.29. The van der Waals surface area contributed by atoms with Gasteiger partial charge in [0.25, 0.3) is 0 Å². The van der Waals surface area contributed by atoms with Crippen LogP contribution in [0.4, 0.5) is 5.69 Å². The maximum Gasteiger partial charge on any atom is 0.227 e. The molecule has 1 aliphatic rings. The van der Waals surface area contributed by atoms with Crippen molar-refractivity contribution in [2.45, 2.75) is 25.9 Å². The molecule has 0 radical (unpaired) electrons. The maximum atomic E-state index is 12.9. The summed E-state index contributed by atoms with van der Waals surface area (Å²) in [6.45, 7) is 0.813. The summed E-state index contributed by atoms with van der Waals surface area (Å²) >= 11 is 0. The number of anilines is 1.